The topological polar surface area (TPSA) is 114 Å². The summed E-state index contributed by atoms with van der Waals surface area (Å²) in [6.07, 6.45) is 6.10. The Morgan fingerprint density at radius 3 is 2.46 bits per heavy atom. The summed E-state index contributed by atoms with van der Waals surface area (Å²) in [6, 6.07) is 8.22. The normalized spacial score (nSPS) is 18.4. The molecule has 35 heavy (non-hydrogen) atoms. The number of fused-ring (bicyclic) bond motifs is 1. The second kappa shape index (κ2) is 9.94. The number of pyridine rings is 1. The van der Waals surface area contributed by atoms with Gasteiger partial charge in [-0.05, 0) is 49.4 Å². The molecule has 0 amide bonds. The Bertz CT molecular complexity index is 1360. The molecule has 2 aromatic heterocycles. The first-order valence-electron chi connectivity index (χ1n) is 11.9. The van der Waals surface area contributed by atoms with Crippen LogP contribution in [0.3, 0.4) is 0 Å². The maximum absolute atomic E-state index is 13.5. The van der Waals surface area contributed by atoms with Crippen molar-refractivity contribution in [1.82, 2.24) is 19.4 Å². The quantitative estimate of drug-likeness (QED) is 0.426. The first-order valence-corrected chi connectivity index (χ1v) is 13.3. The van der Waals surface area contributed by atoms with Crippen LogP contribution in [-0.2, 0) is 22.9 Å². The summed E-state index contributed by atoms with van der Waals surface area (Å²) < 4.78 is 33.9. The molecule has 0 aliphatic carbocycles. The van der Waals surface area contributed by atoms with Crippen molar-refractivity contribution in [3.8, 4) is 0 Å². The molecule has 186 valence electrons. The van der Waals surface area contributed by atoms with E-state index in [1.54, 1.807) is 31.6 Å². The van der Waals surface area contributed by atoms with Gasteiger partial charge in [-0.3, -0.25) is 15.0 Å². The summed E-state index contributed by atoms with van der Waals surface area (Å²) in [7, 11) is -2.22. The van der Waals surface area contributed by atoms with Gasteiger partial charge in [0.05, 0.1) is 16.4 Å². The van der Waals surface area contributed by atoms with Crippen LogP contribution < -0.4 is 10.7 Å². The molecule has 10 heteroatoms. The summed E-state index contributed by atoms with van der Waals surface area (Å²) >= 11 is 0. The molecule has 0 saturated heterocycles. The summed E-state index contributed by atoms with van der Waals surface area (Å²) in [5.41, 5.74) is 0.307. The molecular formula is C25H32N6O3S. The van der Waals surface area contributed by atoms with E-state index >= 15 is 0 Å². The van der Waals surface area contributed by atoms with Gasteiger partial charge in [0.1, 0.15) is 11.4 Å². The Morgan fingerprint density at radius 1 is 1.09 bits per heavy atom. The highest BCUT2D eigenvalue weighted by Crippen LogP contribution is 2.31. The van der Waals surface area contributed by atoms with Crippen molar-refractivity contribution in [2.75, 3.05) is 7.05 Å². The van der Waals surface area contributed by atoms with E-state index in [1.807, 2.05) is 45.9 Å². The first kappa shape index (κ1) is 25.1. The van der Waals surface area contributed by atoms with Crippen molar-refractivity contribution < 1.29 is 12.9 Å². The van der Waals surface area contributed by atoms with Crippen LogP contribution in [0, 0.1) is 5.92 Å². The molecule has 2 atom stereocenters. The average molecular weight is 497 g/mol. The highest BCUT2D eigenvalue weighted by atomic mass is 32.2. The lowest BCUT2D eigenvalue weighted by molar-refractivity contribution is 0.247. The van der Waals surface area contributed by atoms with Gasteiger partial charge in [-0.25, -0.2) is 8.42 Å². The van der Waals surface area contributed by atoms with E-state index < -0.39 is 21.7 Å². The Morgan fingerprint density at radius 2 is 1.80 bits per heavy atom. The van der Waals surface area contributed by atoms with Crippen molar-refractivity contribution in [3.05, 3.63) is 70.7 Å². The van der Waals surface area contributed by atoms with Gasteiger partial charge in [0.25, 0.3) is 0 Å². The largest absolute Gasteiger partial charge is 0.338 e. The molecule has 3 aromatic rings. The standard InChI is InChI=1S/C25H32N6O3S/c1-6-7-23-27-24(34-30-23)22(14-17(2)3)31(5)35(32,33)19-10-8-18(9-11-19)15-25(4)28-20-12-13-26-16-21(20)29-25/h8-13,16-17,22H,6-7,14-15H2,1-5H3. The molecular weight excluding hydrogens is 464 g/mol. The Kier molecular flexibility index (Phi) is 7.14. The number of hydrogen-bond acceptors (Lipinski definition) is 8. The third-order valence-electron chi connectivity index (χ3n) is 6.02. The molecule has 2 unspecified atom stereocenters. The molecule has 1 aliphatic rings. The highest BCUT2D eigenvalue weighted by molar-refractivity contribution is 7.89. The first-order chi connectivity index (χ1) is 16.6. The highest BCUT2D eigenvalue weighted by Gasteiger charge is 2.33. The van der Waals surface area contributed by atoms with Gasteiger partial charge in [0.2, 0.25) is 15.9 Å². The van der Waals surface area contributed by atoms with Crippen LogP contribution in [0.15, 0.2) is 62.1 Å². The minimum absolute atomic E-state index is 0.212. The van der Waals surface area contributed by atoms with Crippen molar-refractivity contribution in [2.24, 2.45) is 15.9 Å². The maximum Gasteiger partial charge on any atom is 0.245 e. The molecule has 0 saturated carbocycles. The average Bonchev–Trinajstić information content (AvgIpc) is 3.40. The summed E-state index contributed by atoms with van der Waals surface area (Å²) in [4.78, 5) is 18.2. The molecule has 0 bridgehead atoms. The number of hydrogen-bond donors (Lipinski definition) is 0. The Hall–Kier alpha value is -2.98. The van der Waals surface area contributed by atoms with E-state index in [4.69, 9.17) is 14.5 Å². The predicted octanol–water partition coefficient (Wildman–Crippen LogP) is 3.04. The van der Waals surface area contributed by atoms with Gasteiger partial charge in [0.15, 0.2) is 11.5 Å². The number of aryl methyl sites for hydroxylation is 1. The lowest BCUT2D eigenvalue weighted by Crippen LogP contribution is -2.32. The lowest BCUT2D eigenvalue weighted by Gasteiger charge is -2.26. The molecule has 0 radical (unpaired) electrons. The predicted molar refractivity (Wildman–Crippen MR) is 131 cm³/mol. The summed E-state index contributed by atoms with van der Waals surface area (Å²) in [5.74, 6) is 1.16. The van der Waals surface area contributed by atoms with Crippen LogP contribution in [0.1, 0.15) is 63.9 Å². The van der Waals surface area contributed by atoms with E-state index in [0.29, 0.717) is 31.0 Å². The molecule has 0 spiro atoms. The number of benzene rings is 1. The van der Waals surface area contributed by atoms with Crippen molar-refractivity contribution in [2.45, 2.75) is 70.0 Å². The lowest BCUT2D eigenvalue weighted by atomic mass is 10.0. The van der Waals surface area contributed by atoms with Crippen molar-refractivity contribution in [3.63, 3.8) is 0 Å². The molecule has 9 nitrogen and oxygen atoms in total. The van der Waals surface area contributed by atoms with Crippen LogP contribution in [-0.4, -0.2) is 40.6 Å². The Balaban J connectivity index is 1.55. The van der Waals surface area contributed by atoms with Crippen LogP contribution in [0.4, 0.5) is 0 Å². The van der Waals surface area contributed by atoms with Gasteiger partial charge in [-0.1, -0.05) is 38.1 Å². The third kappa shape index (κ3) is 5.48. The molecule has 1 aliphatic heterocycles. The van der Waals surface area contributed by atoms with E-state index in [0.717, 1.165) is 22.7 Å². The molecule has 0 fully saturated rings. The fraction of sp³-hybridized carbons (Fsp3) is 0.480. The summed E-state index contributed by atoms with van der Waals surface area (Å²) in [5, 5.41) is 5.62. The molecule has 0 N–H and O–H groups in total. The van der Waals surface area contributed by atoms with Gasteiger partial charge in [0, 0.05) is 26.1 Å². The SMILES string of the molecule is CCCc1noc(C(CC(C)C)N(C)S(=O)(=O)c2ccc(CC3(C)N=c4ccncc4=N3)cc2)n1. The molecule has 3 heterocycles. The minimum atomic E-state index is -3.79. The van der Waals surface area contributed by atoms with Gasteiger partial charge >= 0.3 is 0 Å². The zero-order chi connectivity index (χ0) is 25.2. The summed E-state index contributed by atoms with van der Waals surface area (Å²) in [6.45, 7) is 8.08. The fourth-order valence-corrected chi connectivity index (χ4v) is 5.59. The van der Waals surface area contributed by atoms with Crippen LogP contribution in [0.2, 0.25) is 0 Å². The van der Waals surface area contributed by atoms with Crippen LogP contribution in [0.5, 0.6) is 0 Å². The minimum Gasteiger partial charge on any atom is -0.338 e. The third-order valence-corrected chi connectivity index (χ3v) is 7.90. The number of rotatable bonds is 10. The number of aromatic nitrogens is 3. The second-order valence-electron chi connectivity index (χ2n) is 9.59. The zero-order valence-electron chi connectivity index (χ0n) is 20.8. The van der Waals surface area contributed by atoms with E-state index in [9.17, 15) is 8.42 Å². The smallest absolute Gasteiger partial charge is 0.245 e. The maximum atomic E-state index is 13.5. The molecule has 4 rings (SSSR count). The van der Waals surface area contributed by atoms with Crippen molar-refractivity contribution >= 4 is 10.0 Å². The van der Waals surface area contributed by atoms with Gasteiger partial charge in [-0.2, -0.15) is 9.29 Å². The fourth-order valence-electron chi connectivity index (χ4n) is 4.26. The molecule has 1 aromatic carbocycles. The van der Waals surface area contributed by atoms with E-state index in [-0.39, 0.29) is 10.8 Å². The van der Waals surface area contributed by atoms with E-state index in [1.165, 1.54) is 4.31 Å². The Labute approximate surface area is 206 Å². The van der Waals surface area contributed by atoms with Crippen LogP contribution >= 0.6 is 0 Å². The van der Waals surface area contributed by atoms with Crippen LogP contribution in [0.25, 0.3) is 0 Å². The second-order valence-corrected chi connectivity index (χ2v) is 11.6. The zero-order valence-corrected chi connectivity index (χ0v) is 21.7. The number of sulfonamides is 1. The van der Waals surface area contributed by atoms with E-state index in [2.05, 4.69) is 15.1 Å². The number of nitrogens with zero attached hydrogens (tertiary/aromatic N) is 6. The van der Waals surface area contributed by atoms with Gasteiger partial charge < -0.3 is 4.52 Å². The monoisotopic (exact) mass is 496 g/mol. The van der Waals surface area contributed by atoms with Gasteiger partial charge in [-0.15, -0.1) is 0 Å². The van der Waals surface area contributed by atoms with Crippen molar-refractivity contribution in [1.29, 1.82) is 0 Å².